The van der Waals surface area contributed by atoms with Gasteiger partial charge in [-0.1, -0.05) is 6.07 Å². The van der Waals surface area contributed by atoms with Gasteiger partial charge in [-0.3, -0.25) is 9.78 Å². The van der Waals surface area contributed by atoms with Gasteiger partial charge in [-0.25, -0.2) is 8.42 Å². The molecule has 0 atom stereocenters. The van der Waals surface area contributed by atoms with Crippen LogP contribution in [-0.4, -0.2) is 56.3 Å². The molecule has 124 valence electrons. The Kier molecular flexibility index (Phi) is 8.00. The molecule has 22 heavy (non-hydrogen) atoms. The van der Waals surface area contributed by atoms with E-state index in [2.05, 4.69) is 4.98 Å². The fourth-order valence-corrected chi connectivity index (χ4v) is 3.23. The van der Waals surface area contributed by atoms with Crippen molar-refractivity contribution >= 4 is 16.0 Å². The number of esters is 1. The second-order valence-corrected chi connectivity index (χ2v) is 6.79. The number of hydrogen-bond donors (Lipinski definition) is 0. The molecule has 0 aliphatic rings. The van der Waals surface area contributed by atoms with Crippen LogP contribution in [-0.2, 0) is 30.8 Å². The average molecular weight is 330 g/mol. The minimum absolute atomic E-state index is 0.0791. The summed E-state index contributed by atoms with van der Waals surface area (Å²) in [6.45, 7) is 2.21. The zero-order chi connectivity index (χ0) is 16.4. The maximum absolute atomic E-state index is 12.4. The first kappa shape index (κ1) is 18.5. The van der Waals surface area contributed by atoms with Crippen LogP contribution in [0.1, 0.15) is 18.9 Å². The van der Waals surface area contributed by atoms with E-state index in [0.29, 0.717) is 6.61 Å². The van der Waals surface area contributed by atoms with Crippen LogP contribution in [0.4, 0.5) is 0 Å². The molecule has 0 aromatic carbocycles. The van der Waals surface area contributed by atoms with Crippen molar-refractivity contribution < 1.29 is 22.7 Å². The van der Waals surface area contributed by atoms with Gasteiger partial charge in [0, 0.05) is 39.5 Å². The van der Waals surface area contributed by atoms with Crippen molar-refractivity contribution in [1.82, 2.24) is 9.29 Å². The Balaban J connectivity index is 2.65. The van der Waals surface area contributed by atoms with Gasteiger partial charge in [0.05, 0.1) is 19.0 Å². The highest BCUT2D eigenvalue weighted by Crippen LogP contribution is 2.10. The lowest BCUT2D eigenvalue weighted by Gasteiger charge is -2.21. The summed E-state index contributed by atoms with van der Waals surface area (Å²) in [7, 11) is -1.93. The highest BCUT2D eigenvalue weighted by Gasteiger charge is 2.22. The maximum atomic E-state index is 12.4. The summed E-state index contributed by atoms with van der Waals surface area (Å²) in [5.41, 5.74) is 0.808. The minimum Gasteiger partial charge on any atom is -0.466 e. The Morgan fingerprint density at radius 2 is 2.14 bits per heavy atom. The van der Waals surface area contributed by atoms with Gasteiger partial charge < -0.3 is 9.47 Å². The van der Waals surface area contributed by atoms with Crippen molar-refractivity contribution in [2.75, 3.05) is 32.6 Å². The summed E-state index contributed by atoms with van der Waals surface area (Å²) in [6.07, 6.45) is 3.53. The molecule has 0 aliphatic carbocycles. The van der Waals surface area contributed by atoms with E-state index in [9.17, 15) is 13.2 Å². The molecular weight excluding hydrogens is 308 g/mol. The molecule has 0 bridgehead atoms. The van der Waals surface area contributed by atoms with Crippen molar-refractivity contribution in [2.24, 2.45) is 0 Å². The van der Waals surface area contributed by atoms with E-state index < -0.39 is 16.0 Å². The fourth-order valence-electron chi connectivity index (χ4n) is 1.79. The largest absolute Gasteiger partial charge is 0.466 e. The number of rotatable bonds is 10. The average Bonchev–Trinajstić information content (AvgIpc) is 2.48. The number of ether oxygens (including phenoxy) is 2. The molecule has 0 radical (unpaired) electrons. The zero-order valence-corrected chi connectivity index (χ0v) is 13.7. The quantitative estimate of drug-likeness (QED) is 0.466. The second kappa shape index (κ2) is 9.50. The third-order valence-corrected chi connectivity index (χ3v) is 4.77. The van der Waals surface area contributed by atoms with Crippen molar-refractivity contribution in [3.8, 4) is 0 Å². The summed E-state index contributed by atoms with van der Waals surface area (Å²) in [5, 5.41) is 0. The summed E-state index contributed by atoms with van der Waals surface area (Å²) >= 11 is 0. The highest BCUT2D eigenvalue weighted by atomic mass is 32.2. The smallest absolute Gasteiger partial charge is 0.302 e. The number of carbonyl (C=O) groups is 1. The van der Waals surface area contributed by atoms with Gasteiger partial charge in [0.1, 0.15) is 0 Å². The molecule has 0 amide bonds. The number of sulfonamides is 1. The molecule has 0 N–H and O–H groups in total. The fraction of sp³-hybridized carbons (Fsp3) is 0.571. The maximum Gasteiger partial charge on any atom is 0.302 e. The van der Waals surface area contributed by atoms with Gasteiger partial charge in [0.15, 0.2) is 0 Å². The molecule has 1 rings (SSSR count). The molecular formula is C14H22N2O5S. The summed E-state index contributed by atoms with van der Waals surface area (Å²) in [6, 6.07) is 3.58. The number of nitrogens with zero attached hydrogens (tertiary/aromatic N) is 2. The molecule has 0 fully saturated rings. The second-order valence-electron chi connectivity index (χ2n) is 4.70. The lowest BCUT2D eigenvalue weighted by molar-refractivity contribution is -0.140. The zero-order valence-electron chi connectivity index (χ0n) is 12.9. The standard InChI is InChI=1S/C14H22N2O5S/c1-13(17)21-8-4-10-22(18,19)16(7-9-20-2)12-14-5-3-6-15-11-14/h3,5-6,11H,4,7-10,12H2,1-2H3. The van der Waals surface area contributed by atoms with Crippen molar-refractivity contribution in [2.45, 2.75) is 19.9 Å². The first-order chi connectivity index (χ1) is 10.5. The van der Waals surface area contributed by atoms with Crippen LogP contribution < -0.4 is 0 Å². The van der Waals surface area contributed by atoms with Crippen LogP contribution >= 0.6 is 0 Å². The minimum atomic E-state index is -3.46. The van der Waals surface area contributed by atoms with E-state index in [1.54, 1.807) is 18.5 Å². The lowest BCUT2D eigenvalue weighted by atomic mass is 10.3. The molecule has 1 aromatic heterocycles. The van der Waals surface area contributed by atoms with Crippen molar-refractivity contribution in [1.29, 1.82) is 0 Å². The van der Waals surface area contributed by atoms with Gasteiger partial charge >= 0.3 is 5.97 Å². The third kappa shape index (κ3) is 6.97. The Morgan fingerprint density at radius 1 is 1.36 bits per heavy atom. The Morgan fingerprint density at radius 3 is 2.73 bits per heavy atom. The van der Waals surface area contributed by atoms with Crippen LogP contribution in [0.2, 0.25) is 0 Å². The Bertz CT molecular complexity index is 548. The summed E-state index contributed by atoms with van der Waals surface area (Å²) in [4.78, 5) is 14.7. The van der Waals surface area contributed by atoms with Gasteiger partial charge in [-0.15, -0.1) is 0 Å². The predicted molar refractivity (Wildman–Crippen MR) is 81.6 cm³/mol. The van der Waals surface area contributed by atoms with E-state index >= 15 is 0 Å². The molecule has 1 heterocycles. The molecule has 8 heteroatoms. The number of hydrogen-bond acceptors (Lipinski definition) is 6. The van der Waals surface area contributed by atoms with Gasteiger partial charge in [0.2, 0.25) is 10.0 Å². The lowest BCUT2D eigenvalue weighted by Crippen LogP contribution is -2.35. The van der Waals surface area contributed by atoms with Crippen molar-refractivity contribution in [3.63, 3.8) is 0 Å². The molecule has 0 saturated heterocycles. The third-order valence-electron chi connectivity index (χ3n) is 2.87. The van der Waals surface area contributed by atoms with Gasteiger partial charge in [-0.05, 0) is 18.1 Å². The van der Waals surface area contributed by atoms with E-state index in [4.69, 9.17) is 9.47 Å². The highest BCUT2D eigenvalue weighted by molar-refractivity contribution is 7.89. The molecule has 0 aliphatic heterocycles. The van der Waals surface area contributed by atoms with Crippen LogP contribution in [0.15, 0.2) is 24.5 Å². The summed E-state index contributed by atoms with van der Waals surface area (Å²) < 4.78 is 35.9. The first-order valence-electron chi connectivity index (χ1n) is 6.94. The van der Waals surface area contributed by atoms with E-state index in [-0.39, 0.29) is 31.9 Å². The monoisotopic (exact) mass is 330 g/mol. The molecule has 1 aromatic rings. The number of aromatic nitrogens is 1. The number of methoxy groups -OCH3 is 1. The van der Waals surface area contributed by atoms with Crippen LogP contribution in [0.5, 0.6) is 0 Å². The van der Waals surface area contributed by atoms with Gasteiger partial charge in [0.25, 0.3) is 0 Å². The Labute approximate surface area is 131 Å². The first-order valence-corrected chi connectivity index (χ1v) is 8.55. The van der Waals surface area contributed by atoms with Crippen LogP contribution in [0, 0.1) is 0 Å². The van der Waals surface area contributed by atoms with Crippen molar-refractivity contribution in [3.05, 3.63) is 30.1 Å². The normalized spacial score (nSPS) is 11.6. The van der Waals surface area contributed by atoms with E-state index in [1.807, 2.05) is 6.07 Å². The van der Waals surface area contributed by atoms with Gasteiger partial charge in [-0.2, -0.15) is 4.31 Å². The van der Waals surface area contributed by atoms with Crippen LogP contribution in [0.3, 0.4) is 0 Å². The van der Waals surface area contributed by atoms with Crippen LogP contribution in [0.25, 0.3) is 0 Å². The van der Waals surface area contributed by atoms with E-state index in [1.165, 1.54) is 18.3 Å². The number of pyridine rings is 1. The molecule has 0 spiro atoms. The molecule has 0 saturated carbocycles. The Hall–Kier alpha value is -1.51. The molecule has 0 unspecified atom stereocenters. The summed E-state index contributed by atoms with van der Waals surface area (Å²) in [5.74, 6) is -0.492. The number of carbonyl (C=O) groups excluding carboxylic acids is 1. The SMILES string of the molecule is COCCN(Cc1cccnc1)S(=O)(=O)CCCOC(C)=O. The molecule has 7 nitrogen and oxygen atoms in total. The van der Waals surface area contributed by atoms with E-state index in [0.717, 1.165) is 5.56 Å². The predicted octanol–water partition coefficient (Wildman–Crippen LogP) is 0.813. The topological polar surface area (TPSA) is 85.8 Å².